The number of hydrogen-bond acceptors (Lipinski definition) is 6. The molecule has 0 spiro atoms. The number of furan rings is 1. The third kappa shape index (κ3) is 2.75. The van der Waals surface area contributed by atoms with Crippen LogP contribution in [0, 0.1) is 0 Å². The van der Waals surface area contributed by atoms with Crippen molar-refractivity contribution in [3.05, 3.63) is 29.3 Å². The monoisotopic (exact) mass is 304 g/mol. The first kappa shape index (κ1) is 13.6. The van der Waals surface area contributed by atoms with E-state index in [2.05, 4.69) is 15.0 Å². The van der Waals surface area contributed by atoms with Gasteiger partial charge in [0, 0.05) is 5.39 Å². The van der Waals surface area contributed by atoms with Crippen LogP contribution in [0.5, 0.6) is 6.01 Å². The molecule has 3 rings (SSSR count). The Morgan fingerprint density at radius 1 is 1.24 bits per heavy atom. The predicted octanol–water partition coefficient (Wildman–Crippen LogP) is 3.31. The topological polar surface area (TPSA) is 87.1 Å². The second-order valence-corrected chi connectivity index (χ2v) is 5.14. The molecule has 2 N–H and O–H groups in total. The van der Waals surface area contributed by atoms with Crippen molar-refractivity contribution in [1.82, 2.24) is 15.0 Å². The molecule has 0 fully saturated rings. The normalized spacial score (nSPS) is 11.2. The Hall–Kier alpha value is -2.34. The summed E-state index contributed by atoms with van der Waals surface area (Å²) >= 11 is 6.09. The third-order valence-electron chi connectivity index (χ3n) is 2.69. The summed E-state index contributed by atoms with van der Waals surface area (Å²) in [5, 5.41) is 1.39. The maximum Gasteiger partial charge on any atom is 0.322 e. The van der Waals surface area contributed by atoms with Crippen molar-refractivity contribution < 1.29 is 9.15 Å². The van der Waals surface area contributed by atoms with Crippen molar-refractivity contribution >= 4 is 28.5 Å². The molecule has 3 aromatic rings. The van der Waals surface area contributed by atoms with Gasteiger partial charge in [-0.1, -0.05) is 23.7 Å². The molecule has 0 saturated heterocycles. The maximum atomic E-state index is 6.09. The first-order valence-corrected chi connectivity index (χ1v) is 6.77. The van der Waals surface area contributed by atoms with Gasteiger partial charge in [0.25, 0.3) is 0 Å². The minimum atomic E-state index is -0.0650. The molecule has 6 nitrogen and oxygen atoms in total. The molecule has 2 aromatic heterocycles. The van der Waals surface area contributed by atoms with Gasteiger partial charge < -0.3 is 14.9 Å². The molecule has 0 amide bonds. The Balaban J connectivity index is 2.09. The summed E-state index contributed by atoms with van der Waals surface area (Å²) in [7, 11) is 0. The highest BCUT2D eigenvalue weighted by atomic mass is 35.5. The molecule has 2 heterocycles. The summed E-state index contributed by atoms with van der Waals surface area (Å²) in [6.45, 7) is 3.75. The number of fused-ring (bicyclic) bond motifs is 1. The minimum absolute atomic E-state index is 0.0650. The van der Waals surface area contributed by atoms with Crippen molar-refractivity contribution in [2.75, 3.05) is 5.73 Å². The zero-order valence-corrected chi connectivity index (χ0v) is 12.3. The molecule has 0 bridgehead atoms. The van der Waals surface area contributed by atoms with Crippen LogP contribution in [0.25, 0.3) is 22.6 Å². The number of anilines is 1. The minimum Gasteiger partial charge on any atom is -0.461 e. The summed E-state index contributed by atoms with van der Waals surface area (Å²) in [6.07, 6.45) is -0.0650. The molecular weight excluding hydrogens is 292 g/mol. The summed E-state index contributed by atoms with van der Waals surface area (Å²) in [5.74, 6) is 0.841. The highest BCUT2D eigenvalue weighted by Gasteiger charge is 2.14. The standard InChI is InChI=1S/C14H13ClN4O2/c1-7(2)20-14-18-12(17-13(16)19-14)10-6-8-4-3-5-9(15)11(8)21-10/h3-7H,1-2H3,(H2,16,17,18,19). The van der Waals surface area contributed by atoms with Crippen LogP contribution in [0.15, 0.2) is 28.7 Å². The first-order chi connectivity index (χ1) is 10.0. The van der Waals surface area contributed by atoms with E-state index in [0.29, 0.717) is 22.2 Å². The van der Waals surface area contributed by atoms with E-state index in [4.69, 9.17) is 26.5 Å². The van der Waals surface area contributed by atoms with E-state index >= 15 is 0 Å². The lowest BCUT2D eigenvalue weighted by atomic mass is 10.2. The molecule has 0 aliphatic heterocycles. The third-order valence-corrected chi connectivity index (χ3v) is 2.99. The van der Waals surface area contributed by atoms with Crippen LogP contribution >= 0.6 is 11.6 Å². The molecule has 7 heteroatoms. The first-order valence-electron chi connectivity index (χ1n) is 6.39. The van der Waals surface area contributed by atoms with E-state index in [-0.39, 0.29) is 18.1 Å². The number of nitrogen functional groups attached to an aromatic ring is 1. The average Bonchev–Trinajstić information content (AvgIpc) is 2.82. The van der Waals surface area contributed by atoms with Crippen LogP contribution in [0.1, 0.15) is 13.8 Å². The Bertz CT molecular complexity index is 801. The molecule has 0 radical (unpaired) electrons. The summed E-state index contributed by atoms with van der Waals surface area (Å²) in [5.41, 5.74) is 6.27. The van der Waals surface area contributed by atoms with Crippen LogP contribution in [-0.2, 0) is 0 Å². The number of rotatable bonds is 3. The van der Waals surface area contributed by atoms with Crippen molar-refractivity contribution in [3.8, 4) is 17.6 Å². The van der Waals surface area contributed by atoms with Crippen molar-refractivity contribution in [2.24, 2.45) is 0 Å². The molecule has 21 heavy (non-hydrogen) atoms. The van der Waals surface area contributed by atoms with Gasteiger partial charge in [-0.25, -0.2) is 0 Å². The Morgan fingerprint density at radius 3 is 2.76 bits per heavy atom. The van der Waals surface area contributed by atoms with E-state index in [1.54, 1.807) is 12.1 Å². The van der Waals surface area contributed by atoms with Crippen molar-refractivity contribution in [2.45, 2.75) is 20.0 Å². The lowest BCUT2D eigenvalue weighted by molar-refractivity contribution is 0.222. The van der Waals surface area contributed by atoms with Crippen LogP contribution < -0.4 is 10.5 Å². The van der Waals surface area contributed by atoms with Crippen LogP contribution in [0.3, 0.4) is 0 Å². The molecule has 0 aliphatic carbocycles. The van der Waals surface area contributed by atoms with Gasteiger partial charge in [0.15, 0.2) is 11.3 Å². The highest BCUT2D eigenvalue weighted by Crippen LogP contribution is 2.31. The van der Waals surface area contributed by atoms with E-state index in [1.807, 2.05) is 26.0 Å². The number of aromatic nitrogens is 3. The zero-order chi connectivity index (χ0) is 15.0. The van der Waals surface area contributed by atoms with Gasteiger partial charge in [0.2, 0.25) is 11.8 Å². The quantitative estimate of drug-likeness (QED) is 0.798. The fourth-order valence-electron chi connectivity index (χ4n) is 1.88. The van der Waals surface area contributed by atoms with Gasteiger partial charge in [-0.05, 0) is 26.0 Å². The van der Waals surface area contributed by atoms with Gasteiger partial charge in [0.1, 0.15) is 0 Å². The second kappa shape index (κ2) is 5.21. The number of halogens is 1. The largest absolute Gasteiger partial charge is 0.461 e. The number of hydrogen-bond donors (Lipinski definition) is 1. The fourth-order valence-corrected chi connectivity index (χ4v) is 2.10. The summed E-state index contributed by atoms with van der Waals surface area (Å²) in [6, 6.07) is 7.46. The van der Waals surface area contributed by atoms with E-state index < -0.39 is 0 Å². The van der Waals surface area contributed by atoms with Gasteiger partial charge >= 0.3 is 6.01 Å². The SMILES string of the molecule is CC(C)Oc1nc(N)nc(-c2cc3cccc(Cl)c3o2)n1. The van der Waals surface area contributed by atoms with Gasteiger partial charge in [-0.2, -0.15) is 15.0 Å². The number of nitrogens with zero attached hydrogens (tertiary/aromatic N) is 3. The van der Waals surface area contributed by atoms with E-state index in [1.165, 1.54) is 0 Å². The number of nitrogens with two attached hydrogens (primary N) is 1. The van der Waals surface area contributed by atoms with E-state index in [9.17, 15) is 0 Å². The molecule has 1 aromatic carbocycles. The summed E-state index contributed by atoms with van der Waals surface area (Å²) < 4.78 is 11.1. The number of ether oxygens (including phenoxy) is 1. The van der Waals surface area contributed by atoms with Gasteiger partial charge in [0.05, 0.1) is 11.1 Å². The molecule has 0 unspecified atom stereocenters. The summed E-state index contributed by atoms with van der Waals surface area (Å²) in [4.78, 5) is 12.2. The molecular formula is C14H13ClN4O2. The maximum absolute atomic E-state index is 6.09. The van der Waals surface area contributed by atoms with Crippen LogP contribution in [0.4, 0.5) is 5.95 Å². The Kier molecular flexibility index (Phi) is 3.39. The Morgan fingerprint density at radius 2 is 2.05 bits per heavy atom. The predicted molar refractivity (Wildman–Crippen MR) is 80.2 cm³/mol. The van der Waals surface area contributed by atoms with E-state index in [0.717, 1.165) is 5.39 Å². The Labute approximate surface area is 125 Å². The van der Waals surface area contributed by atoms with Gasteiger partial charge in [-0.3, -0.25) is 0 Å². The fraction of sp³-hybridized carbons (Fsp3) is 0.214. The van der Waals surface area contributed by atoms with Crippen molar-refractivity contribution in [3.63, 3.8) is 0 Å². The smallest absolute Gasteiger partial charge is 0.322 e. The number of benzene rings is 1. The lowest BCUT2D eigenvalue weighted by Crippen LogP contribution is -2.10. The van der Waals surface area contributed by atoms with Crippen LogP contribution in [-0.4, -0.2) is 21.1 Å². The van der Waals surface area contributed by atoms with Gasteiger partial charge in [-0.15, -0.1) is 0 Å². The number of para-hydroxylation sites is 1. The average molecular weight is 305 g/mol. The lowest BCUT2D eigenvalue weighted by Gasteiger charge is -2.08. The van der Waals surface area contributed by atoms with Crippen molar-refractivity contribution in [1.29, 1.82) is 0 Å². The molecule has 0 aliphatic rings. The molecule has 108 valence electrons. The molecule has 0 saturated carbocycles. The second-order valence-electron chi connectivity index (χ2n) is 4.74. The van der Waals surface area contributed by atoms with Crippen LogP contribution in [0.2, 0.25) is 5.02 Å². The highest BCUT2D eigenvalue weighted by molar-refractivity contribution is 6.34. The molecule has 0 atom stereocenters. The zero-order valence-electron chi connectivity index (χ0n) is 11.5.